The molecule has 2 aromatic heterocycles. The lowest BCUT2D eigenvalue weighted by Crippen LogP contribution is -2.50. The van der Waals surface area contributed by atoms with Gasteiger partial charge in [0.05, 0.1) is 10.6 Å². The number of aromatic nitrogens is 2. The lowest BCUT2D eigenvalue weighted by atomic mass is 10.3. The van der Waals surface area contributed by atoms with Gasteiger partial charge in [-0.15, -0.1) is 11.3 Å². The van der Waals surface area contributed by atoms with E-state index in [2.05, 4.69) is 21.8 Å². The van der Waals surface area contributed by atoms with E-state index in [-0.39, 0.29) is 11.2 Å². The van der Waals surface area contributed by atoms with Crippen molar-refractivity contribution in [2.24, 2.45) is 0 Å². The molecule has 0 radical (unpaired) electrons. The van der Waals surface area contributed by atoms with Gasteiger partial charge in [0.1, 0.15) is 10.6 Å². The van der Waals surface area contributed by atoms with Gasteiger partial charge in [-0.3, -0.25) is 4.79 Å². The fourth-order valence-electron chi connectivity index (χ4n) is 2.66. The highest BCUT2D eigenvalue weighted by molar-refractivity contribution is 8.00. The van der Waals surface area contributed by atoms with Gasteiger partial charge in [-0.1, -0.05) is 18.7 Å². The predicted molar refractivity (Wildman–Crippen MR) is 95.8 cm³/mol. The number of fused-ring (bicyclic) bond motifs is 1. The number of thiophene rings is 1. The van der Waals surface area contributed by atoms with E-state index in [1.54, 1.807) is 0 Å². The van der Waals surface area contributed by atoms with E-state index in [1.165, 1.54) is 23.1 Å². The van der Waals surface area contributed by atoms with Crippen LogP contribution in [0.15, 0.2) is 16.6 Å². The van der Waals surface area contributed by atoms with Gasteiger partial charge in [-0.2, -0.15) is 0 Å². The second kappa shape index (κ2) is 7.02. The van der Waals surface area contributed by atoms with Crippen molar-refractivity contribution in [2.75, 3.05) is 38.5 Å². The maximum Gasteiger partial charge on any atom is 0.235 e. The van der Waals surface area contributed by atoms with E-state index in [0.717, 1.165) is 42.9 Å². The smallest absolute Gasteiger partial charge is 0.235 e. The topological polar surface area (TPSA) is 75.3 Å². The number of carbonyl (C=O) groups excluding carboxylic acids is 1. The molecule has 0 aliphatic carbocycles. The molecule has 1 fully saturated rings. The summed E-state index contributed by atoms with van der Waals surface area (Å²) in [4.78, 5) is 26.6. The number of piperazine rings is 1. The second-order valence-electron chi connectivity index (χ2n) is 5.55. The van der Waals surface area contributed by atoms with E-state index < -0.39 is 0 Å². The van der Waals surface area contributed by atoms with Crippen molar-refractivity contribution in [1.82, 2.24) is 19.8 Å². The van der Waals surface area contributed by atoms with Crippen molar-refractivity contribution < 1.29 is 4.79 Å². The molecule has 1 amide bonds. The lowest BCUT2D eigenvalue weighted by Gasteiger charge is -2.35. The number of amides is 1. The van der Waals surface area contributed by atoms with Crippen LogP contribution in [-0.4, -0.2) is 63.6 Å². The Morgan fingerprint density at radius 2 is 2.13 bits per heavy atom. The maximum atomic E-state index is 12.6. The summed E-state index contributed by atoms with van der Waals surface area (Å²) in [6.07, 6.45) is 0. The molecule has 2 N–H and O–H groups in total. The Labute approximate surface area is 144 Å². The van der Waals surface area contributed by atoms with E-state index in [0.29, 0.717) is 11.0 Å². The number of likely N-dealkylation sites (N-methyl/N-ethyl adjacent to an activating group) is 1. The highest BCUT2D eigenvalue weighted by atomic mass is 32.2. The van der Waals surface area contributed by atoms with Crippen molar-refractivity contribution in [3.05, 3.63) is 11.4 Å². The molecule has 0 bridgehead atoms. The normalized spacial score (nSPS) is 17.6. The summed E-state index contributed by atoms with van der Waals surface area (Å²) in [7, 11) is 0. The number of carbonyl (C=O) groups is 1. The van der Waals surface area contributed by atoms with Gasteiger partial charge in [0.15, 0.2) is 5.16 Å². The molecule has 3 heterocycles. The average molecular weight is 352 g/mol. The zero-order chi connectivity index (χ0) is 16.4. The monoisotopic (exact) mass is 351 g/mol. The zero-order valence-electron chi connectivity index (χ0n) is 13.4. The Morgan fingerprint density at radius 3 is 2.83 bits per heavy atom. The van der Waals surface area contributed by atoms with Crippen LogP contribution in [0.1, 0.15) is 13.8 Å². The summed E-state index contributed by atoms with van der Waals surface area (Å²) in [5, 5.41) is 3.20. The van der Waals surface area contributed by atoms with Gasteiger partial charge in [-0.05, 0) is 24.9 Å². The summed E-state index contributed by atoms with van der Waals surface area (Å²) >= 11 is 2.92. The van der Waals surface area contributed by atoms with Crippen molar-refractivity contribution in [2.45, 2.75) is 24.3 Å². The Hall–Kier alpha value is -1.38. The van der Waals surface area contributed by atoms with Crippen LogP contribution in [-0.2, 0) is 4.79 Å². The third-order valence-electron chi connectivity index (χ3n) is 4.10. The minimum absolute atomic E-state index is 0.152. The van der Waals surface area contributed by atoms with E-state index >= 15 is 0 Å². The van der Waals surface area contributed by atoms with Gasteiger partial charge in [0.25, 0.3) is 0 Å². The quantitative estimate of drug-likeness (QED) is 0.670. The van der Waals surface area contributed by atoms with Crippen LogP contribution >= 0.6 is 23.1 Å². The summed E-state index contributed by atoms with van der Waals surface area (Å²) in [5.41, 5.74) is 5.97. The molecule has 0 saturated carbocycles. The zero-order valence-corrected chi connectivity index (χ0v) is 15.0. The van der Waals surface area contributed by atoms with Crippen LogP contribution in [0, 0.1) is 0 Å². The Bertz CT molecular complexity index is 696. The molecule has 2 aromatic rings. The van der Waals surface area contributed by atoms with Crippen molar-refractivity contribution in [1.29, 1.82) is 0 Å². The third kappa shape index (κ3) is 3.59. The Kier molecular flexibility index (Phi) is 5.03. The molecule has 124 valence electrons. The molecule has 8 heteroatoms. The molecule has 1 saturated heterocycles. The summed E-state index contributed by atoms with van der Waals surface area (Å²) in [5.74, 6) is 0.633. The first kappa shape index (κ1) is 16.5. The summed E-state index contributed by atoms with van der Waals surface area (Å²) in [6.45, 7) is 8.60. The van der Waals surface area contributed by atoms with Crippen LogP contribution in [0.25, 0.3) is 10.2 Å². The number of nitrogens with zero attached hydrogens (tertiary/aromatic N) is 4. The first-order valence-corrected chi connectivity index (χ1v) is 9.53. The van der Waals surface area contributed by atoms with E-state index in [4.69, 9.17) is 5.73 Å². The first-order valence-electron chi connectivity index (χ1n) is 7.77. The van der Waals surface area contributed by atoms with Gasteiger partial charge in [-0.25, -0.2) is 9.97 Å². The highest BCUT2D eigenvalue weighted by Gasteiger charge is 2.25. The molecule has 1 aliphatic rings. The van der Waals surface area contributed by atoms with E-state index in [9.17, 15) is 4.79 Å². The van der Waals surface area contributed by atoms with Gasteiger partial charge in [0.2, 0.25) is 5.91 Å². The minimum atomic E-state index is -0.208. The molecule has 1 aliphatic heterocycles. The number of thioether (sulfide) groups is 1. The highest BCUT2D eigenvalue weighted by Crippen LogP contribution is 2.28. The predicted octanol–water partition coefficient (Wildman–Crippen LogP) is 1.92. The van der Waals surface area contributed by atoms with Crippen molar-refractivity contribution in [3.63, 3.8) is 0 Å². The molecular weight excluding hydrogens is 330 g/mol. The number of anilines is 1. The first-order chi connectivity index (χ1) is 11.1. The Morgan fingerprint density at radius 1 is 1.39 bits per heavy atom. The SMILES string of the molecule is CCN1CCN(C(=O)[C@@H](C)Sc2nc(N)c3ccsc3n2)CC1. The van der Waals surface area contributed by atoms with Gasteiger partial charge >= 0.3 is 0 Å². The van der Waals surface area contributed by atoms with Crippen molar-refractivity contribution >= 4 is 45.0 Å². The second-order valence-corrected chi connectivity index (χ2v) is 7.75. The summed E-state index contributed by atoms with van der Waals surface area (Å²) < 4.78 is 0. The summed E-state index contributed by atoms with van der Waals surface area (Å²) in [6, 6.07) is 1.92. The molecule has 3 rings (SSSR count). The minimum Gasteiger partial charge on any atom is -0.383 e. The number of hydrogen-bond donors (Lipinski definition) is 1. The largest absolute Gasteiger partial charge is 0.383 e. The molecule has 0 spiro atoms. The molecule has 23 heavy (non-hydrogen) atoms. The standard InChI is InChI=1S/C15H21N5OS2/c1-3-19-5-7-20(8-6-19)14(21)10(2)23-15-17-12(16)11-4-9-22-13(11)18-15/h4,9-10H,3,5-8H2,1-2H3,(H2,16,17,18)/t10-/m1/s1. The maximum absolute atomic E-state index is 12.6. The van der Waals surface area contributed by atoms with Gasteiger partial charge < -0.3 is 15.5 Å². The van der Waals surface area contributed by atoms with E-state index in [1.807, 2.05) is 23.3 Å². The average Bonchev–Trinajstić information content (AvgIpc) is 3.03. The van der Waals surface area contributed by atoms with Gasteiger partial charge in [0, 0.05) is 26.2 Å². The Balaban J connectivity index is 1.65. The molecular formula is C15H21N5OS2. The van der Waals surface area contributed by atoms with Crippen LogP contribution in [0.5, 0.6) is 0 Å². The van der Waals surface area contributed by atoms with Crippen LogP contribution < -0.4 is 5.73 Å². The number of nitrogens with two attached hydrogens (primary N) is 1. The fourth-order valence-corrected chi connectivity index (χ4v) is 4.35. The molecule has 6 nitrogen and oxygen atoms in total. The number of rotatable bonds is 4. The number of hydrogen-bond acceptors (Lipinski definition) is 7. The van der Waals surface area contributed by atoms with Crippen LogP contribution in [0.4, 0.5) is 5.82 Å². The molecule has 0 unspecified atom stereocenters. The fraction of sp³-hybridized carbons (Fsp3) is 0.533. The molecule has 1 atom stereocenters. The lowest BCUT2D eigenvalue weighted by molar-refractivity contribution is -0.132. The number of nitrogen functional groups attached to an aromatic ring is 1. The third-order valence-corrected chi connectivity index (χ3v) is 5.85. The van der Waals surface area contributed by atoms with Crippen LogP contribution in [0.3, 0.4) is 0 Å². The van der Waals surface area contributed by atoms with Crippen LogP contribution in [0.2, 0.25) is 0 Å². The van der Waals surface area contributed by atoms with Crippen molar-refractivity contribution in [3.8, 4) is 0 Å². The molecule has 0 aromatic carbocycles.